The molecule has 0 unspecified atom stereocenters. The van der Waals surface area contributed by atoms with Crippen molar-refractivity contribution in [3.63, 3.8) is 0 Å². The van der Waals surface area contributed by atoms with Crippen LogP contribution in [0.1, 0.15) is 67.2 Å². The molecule has 2 nitrogen and oxygen atoms in total. The van der Waals surface area contributed by atoms with E-state index in [1.54, 1.807) is 0 Å². The minimum atomic E-state index is 0.732. The molecule has 0 aliphatic heterocycles. The highest BCUT2D eigenvalue weighted by molar-refractivity contribution is 6.13. The summed E-state index contributed by atoms with van der Waals surface area (Å²) in [6.07, 6.45) is 6.78. The molecule has 146 valence electrons. The van der Waals surface area contributed by atoms with E-state index in [-0.39, 0.29) is 0 Å². The quantitative estimate of drug-likeness (QED) is 0.336. The van der Waals surface area contributed by atoms with E-state index in [1.807, 2.05) is 43.3 Å². The molecule has 4 rings (SSSR count). The van der Waals surface area contributed by atoms with Crippen molar-refractivity contribution in [3.8, 4) is 0 Å². The summed E-state index contributed by atoms with van der Waals surface area (Å²) in [5.74, 6) is 0.732. The molecule has 1 aliphatic carbocycles. The van der Waals surface area contributed by atoms with Gasteiger partial charge in [0.2, 0.25) is 0 Å². The van der Waals surface area contributed by atoms with Crippen molar-refractivity contribution in [1.82, 2.24) is 0 Å². The Kier molecular flexibility index (Phi) is 6.31. The van der Waals surface area contributed by atoms with E-state index in [1.165, 1.54) is 37.7 Å². The monoisotopic (exact) mass is 380 g/mol. The lowest BCUT2D eigenvalue weighted by atomic mass is 9.84. The van der Waals surface area contributed by atoms with Crippen molar-refractivity contribution in [1.29, 1.82) is 0 Å². The second-order valence-corrected chi connectivity index (χ2v) is 7.82. The van der Waals surface area contributed by atoms with Crippen molar-refractivity contribution in [2.24, 2.45) is 10.2 Å². The second kappa shape index (κ2) is 9.47. The van der Waals surface area contributed by atoms with Gasteiger partial charge in [0.15, 0.2) is 0 Å². The molecule has 0 radical (unpaired) electrons. The van der Waals surface area contributed by atoms with E-state index in [2.05, 4.69) is 58.7 Å². The fourth-order valence-corrected chi connectivity index (χ4v) is 4.09. The van der Waals surface area contributed by atoms with Gasteiger partial charge >= 0.3 is 0 Å². The summed E-state index contributed by atoms with van der Waals surface area (Å²) in [6.45, 7) is 2.03. The molecule has 0 atom stereocenters. The van der Waals surface area contributed by atoms with Gasteiger partial charge in [-0.05, 0) is 36.8 Å². The maximum absolute atomic E-state index is 4.66. The van der Waals surface area contributed by atoms with E-state index < -0.39 is 0 Å². The molecular formula is C27H28N2. The van der Waals surface area contributed by atoms with Crippen molar-refractivity contribution in [3.05, 3.63) is 107 Å². The predicted molar refractivity (Wildman–Crippen MR) is 123 cm³/mol. The summed E-state index contributed by atoms with van der Waals surface area (Å²) in [6, 6.07) is 29.5. The van der Waals surface area contributed by atoms with Crippen LogP contribution in [-0.4, -0.2) is 11.4 Å². The first kappa shape index (κ1) is 19.3. The molecule has 3 aromatic rings. The Hall–Kier alpha value is -3.00. The molecule has 1 saturated carbocycles. The maximum Gasteiger partial charge on any atom is 0.100 e. The standard InChI is InChI=1S/C27H28N2/c1-21(22-17-19-24(20-18-22)23-11-5-2-6-12-23)28-29-27(25-13-7-3-8-14-25)26-15-9-4-10-16-26/h3-4,7-10,13-20,23H,2,5-6,11-12H2,1H3. The smallest absolute Gasteiger partial charge is 0.100 e. The number of benzene rings is 3. The number of nitrogens with zero attached hydrogens (tertiary/aromatic N) is 2. The number of hydrogen-bond donors (Lipinski definition) is 0. The van der Waals surface area contributed by atoms with Gasteiger partial charge in [0, 0.05) is 11.1 Å². The topological polar surface area (TPSA) is 24.7 Å². The molecule has 0 amide bonds. The molecule has 0 aromatic heterocycles. The molecule has 2 heteroatoms. The fraction of sp³-hybridized carbons (Fsp3) is 0.259. The van der Waals surface area contributed by atoms with Gasteiger partial charge in [0.25, 0.3) is 0 Å². The van der Waals surface area contributed by atoms with Crippen LogP contribution in [0.2, 0.25) is 0 Å². The highest BCUT2D eigenvalue weighted by Crippen LogP contribution is 2.32. The van der Waals surface area contributed by atoms with Crippen LogP contribution in [0.5, 0.6) is 0 Å². The van der Waals surface area contributed by atoms with Gasteiger partial charge in [0.1, 0.15) is 5.71 Å². The van der Waals surface area contributed by atoms with Crippen LogP contribution in [0.3, 0.4) is 0 Å². The minimum absolute atomic E-state index is 0.732. The van der Waals surface area contributed by atoms with Crippen LogP contribution >= 0.6 is 0 Å². The molecule has 0 heterocycles. The van der Waals surface area contributed by atoms with Gasteiger partial charge in [-0.2, -0.15) is 5.10 Å². The lowest BCUT2D eigenvalue weighted by Crippen LogP contribution is -2.05. The first-order valence-electron chi connectivity index (χ1n) is 10.6. The average molecular weight is 381 g/mol. The number of rotatable bonds is 5. The van der Waals surface area contributed by atoms with Crippen LogP contribution in [-0.2, 0) is 0 Å². The Morgan fingerprint density at radius 2 is 1.17 bits per heavy atom. The summed E-state index contributed by atoms with van der Waals surface area (Å²) >= 11 is 0. The molecule has 3 aromatic carbocycles. The molecule has 0 bridgehead atoms. The predicted octanol–water partition coefficient (Wildman–Crippen LogP) is 7.00. The van der Waals surface area contributed by atoms with Gasteiger partial charge in [-0.1, -0.05) is 104 Å². The van der Waals surface area contributed by atoms with Crippen LogP contribution < -0.4 is 0 Å². The summed E-state index contributed by atoms with van der Waals surface area (Å²) in [5.41, 5.74) is 6.58. The zero-order valence-corrected chi connectivity index (χ0v) is 17.1. The Bertz CT molecular complexity index is 923. The molecule has 1 fully saturated rings. The molecule has 0 spiro atoms. The SMILES string of the molecule is CC(=NN=C(c1ccccc1)c1ccccc1)c1ccc(C2CCCCC2)cc1. The zero-order valence-electron chi connectivity index (χ0n) is 17.1. The molecular weight excluding hydrogens is 352 g/mol. The van der Waals surface area contributed by atoms with E-state index in [0.29, 0.717) is 0 Å². The van der Waals surface area contributed by atoms with Crippen molar-refractivity contribution >= 4 is 11.4 Å². The van der Waals surface area contributed by atoms with Crippen LogP contribution in [0.4, 0.5) is 0 Å². The van der Waals surface area contributed by atoms with Crippen LogP contribution in [0, 0.1) is 0 Å². The summed E-state index contributed by atoms with van der Waals surface area (Å²) in [4.78, 5) is 0. The third kappa shape index (κ3) is 4.89. The Labute approximate surface area is 174 Å². The van der Waals surface area contributed by atoms with E-state index in [4.69, 9.17) is 0 Å². The normalized spacial score (nSPS) is 15.1. The number of hydrogen-bond acceptors (Lipinski definition) is 2. The molecule has 0 N–H and O–H groups in total. The largest absolute Gasteiger partial charge is 0.155 e. The maximum atomic E-state index is 4.66. The Morgan fingerprint density at radius 1 is 0.621 bits per heavy atom. The van der Waals surface area contributed by atoms with Gasteiger partial charge in [-0.3, -0.25) is 0 Å². The lowest BCUT2D eigenvalue weighted by Gasteiger charge is -2.22. The highest BCUT2D eigenvalue weighted by atomic mass is 15.2. The molecule has 1 aliphatic rings. The van der Waals surface area contributed by atoms with Crippen LogP contribution in [0.15, 0.2) is 95.1 Å². The summed E-state index contributed by atoms with van der Waals surface area (Å²) in [5, 5.41) is 9.25. The van der Waals surface area contributed by atoms with Gasteiger partial charge in [-0.15, -0.1) is 5.10 Å². The average Bonchev–Trinajstić information content (AvgIpc) is 2.81. The van der Waals surface area contributed by atoms with Gasteiger partial charge in [-0.25, -0.2) is 0 Å². The Morgan fingerprint density at radius 3 is 1.72 bits per heavy atom. The van der Waals surface area contributed by atoms with E-state index in [9.17, 15) is 0 Å². The van der Waals surface area contributed by atoms with Crippen molar-refractivity contribution in [2.75, 3.05) is 0 Å². The molecule has 0 saturated heterocycles. The Balaban J connectivity index is 1.60. The van der Waals surface area contributed by atoms with E-state index >= 15 is 0 Å². The van der Waals surface area contributed by atoms with Crippen LogP contribution in [0.25, 0.3) is 0 Å². The lowest BCUT2D eigenvalue weighted by molar-refractivity contribution is 0.443. The summed E-state index contributed by atoms with van der Waals surface area (Å²) < 4.78 is 0. The summed E-state index contributed by atoms with van der Waals surface area (Å²) in [7, 11) is 0. The first-order chi connectivity index (χ1) is 14.3. The third-order valence-corrected chi connectivity index (χ3v) is 5.80. The van der Waals surface area contributed by atoms with Crippen molar-refractivity contribution in [2.45, 2.75) is 44.9 Å². The molecule has 29 heavy (non-hydrogen) atoms. The third-order valence-electron chi connectivity index (χ3n) is 5.80. The van der Waals surface area contributed by atoms with E-state index in [0.717, 1.165) is 34.0 Å². The fourth-order valence-electron chi connectivity index (χ4n) is 4.09. The van der Waals surface area contributed by atoms with Crippen molar-refractivity contribution < 1.29 is 0 Å². The second-order valence-electron chi connectivity index (χ2n) is 7.82. The minimum Gasteiger partial charge on any atom is -0.155 e. The highest BCUT2D eigenvalue weighted by Gasteiger charge is 2.15. The van der Waals surface area contributed by atoms with Gasteiger partial charge < -0.3 is 0 Å². The zero-order chi connectivity index (χ0) is 19.9. The first-order valence-corrected chi connectivity index (χ1v) is 10.6. The van der Waals surface area contributed by atoms with Gasteiger partial charge in [0.05, 0.1) is 5.71 Å².